The first kappa shape index (κ1) is 10.2. The van der Waals surface area contributed by atoms with Gasteiger partial charge in [0.2, 0.25) is 0 Å². The molecule has 1 heteroatoms. The van der Waals surface area contributed by atoms with Crippen molar-refractivity contribution in [2.45, 2.75) is 33.1 Å². The Kier molecular flexibility index (Phi) is 5.44. The predicted molar refractivity (Wildman–Crippen MR) is 48.5 cm³/mol. The quantitative estimate of drug-likeness (QED) is 0.256. The van der Waals surface area contributed by atoms with Crippen LogP contribution in [0, 0.1) is 0 Å². The summed E-state index contributed by atoms with van der Waals surface area (Å²) in [5, 5.41) is 0. The fourth-order valence-electron chi connectivity index (χ4n) is 0.782. The Bertz CT molecular complexity index is 166. The molecule has 0 aliphatic rings. The second kappa shape index (κ2) is 5.90. The van der Waals surface area contributed by atoms with Crippen molar-refractivity contribution in [2.75, 3.05) is 0 Å². The second-order valence-electron chi connectivity index (χ2n) is 2.92. The van der Waals surface area contributed by atoms with Gasteiger partial charge in [0, 0.05) is 0 Å². The minimum atomic E-state index is 0.826. The molecule has 0 rings (SSSR count). The van der Waals surface area contributed by atoms with Gasteiger partial charge in [0.1, 0.15) is 6.29 Å². The molecule has 11 heavy (non-hydrogen) atoms. The minimum Gasteiger partial charge on any atom is -0.298 e. The Hall–Kier alpha value is -0.850. The van der Waals surface area contributed by atoms with Crippen LogP contribution in [-0.2, 0) is 4.79 Å². The summed E-state index contributed by atoms with van der Waals surface area (Å²) in [6, 6.07) is 0. The number of carbonyl (C=O) groups is 1. The van der Waals surface area contributed by atoms with Crippen LogP contribution in [0.4, 0.5) is 0 Å². The molecule has 0 N–H and O–H groups in total. The van der Waals surface area contributed by atoms with Gasteiger partial charge in [-0.15, -0.1) is 6.58 Å². The van der Waals surface area contributed by atoms with Crippen molar-refractivity contribution in [1.29, 1.82) is 0 Å². The highest BCUT2D eigenvalue weighted by Gasteiger charge is 1.87. The molecule has 62 valence electrons. The maximum absolute atomic E-state index is 10.1. The van der Waals surface area contributed by atoms with E-state index in [4.69, 9.17) is 0 Å². The van der Waals surface area contributed by atoms with Crippen LogP contribution in [0.5, 0.6) is 0 Å². The number of carbonyl (C=O) groups excluding carboxylic acids is 1. The van der Waals surface area contributed by atoms with E-state index in [1.54, 1.807) is 0 Å². The molecule has 0 aromatic rings. The topological polar surface area (TPSA) is 17.1 Å². The molecular formula is C10H16O. The van der Waals surface area contributed by atoms with E-state index in [0.29, 0.717) is 0 Å². The van der Waals surface area contributed by atoms with E-state index in [2.05, 4.69) is 6.58 Å². The number of hydrogen-bond donors (Lipinski definition) is 0. The molecule has 0 radical (unpaired) electrons. The monoisotopic (exact) mass is 152 g/mol. The molecule has 0 amide bonds. The average molecular weight is 152 g/mol. The predicted octanol–water partition coefficient (Wildman–Crippen LogP) is 2.88. The van der Waals surface area contributed by atoms with Gasteiger partial charge in [-0.1, -0.05) is 11.6 Å². The smallest absolute Gasteiger partial charge is 0.145 e. The Morgan fingerprint density at radius 2 is 2.09 bits per heavy atom. The van der Waals surface area contributed by atoms with Gasteiger partial charge in [-0.25, -0.2) is 0 Å². The van der Waals surface area contributed by atoms with Crippen LogP contribution < -0.4 is 0 Å². The fraction of sp³-hybridized carbons (Fsp3) is 0.500. The van der Waals surface area contributed by atoms with Gasteiger partial charge < -0.3 is 0 Å². The molecule has 0 spiro atoms. The van der Waals surface area contributed by atoms with E-state index >= 15 is 0 Å². The summed E-state index contributed by atoms with van der Waals surface area (Å²) in [4.78, 5) is 10.1. The average Bonchev–Trinajstić information content (AvgIpc) is 1.97. The van der Waals surface area contributed by atoms with Gasteiger partial charge >= 0.3 is 0 Å². The summed E-state index contributed by atoms with van der Waals surface area (Å²) in [5.74, 6) is 0. The maximum Gasteiger partial charge on any atom is 0.145 e. The summed E-state index contributed by atoms with van der Waals surface area (Å²) >= 11 is 0. The van der Waals surface area contributed by atoms with Gasteiger partial charge in [-0.05, 0) is 38.7 Å². The number of rotatable bonds is 5. The van der Waals surface area contributed by atoms with E-state index in [0.717, 1.165) is 31.1 Å². The van der Waals surface area contributed by atoms with E-state index in [1.165, 1.54) is 5.57 Å². The van der Waals surface area contributed by atoms with Crippen molar-refractivity contribution in [3.8, 4) is 0 Å². The van der Waals surface area contributed by atoms with E-state index in [9.17, 15) is 4.79 Å². The van der Waals surface area contributed by atoms with Gasteiger partial charge in [0.05, 0.1) is 0 Å². The third-order valence-electron chi connectivity index (χ3n) is 1.46. The lowest BCUT2D eigenvalue weighted by Gasteiger charge is -1.95. The van der Waals surface area contributed by atoms with Crippen LogP contribution in [0.15, 0.2) is 23.8 Å². The molecule has 1 nitrogen and oxygen atoms in total. The van der Waals surface area contributed by atoms with Crippen LogP contribution in [0.1, 0.15) is 33.1 Å². The third kappa shape index (κ3) is 7.04. The zero-order valence-electron chi connectivity index (χ0n) is 7.39. The van der Waals surface area contributed by atoms with Crippen molar-refractivity contribution < 1.29 is 4.79 Å². The maximum atomic E-state index is 10.1. The Labute approximate surface area is 68.8 Å². The minimum absolute atomic E-state index is 0.826. The largest absolute Gasteiger partial charge is 0.298 e. The van der Waals surface area contributed by atoms with Crippen LogP contribution in [-0.4, -0.2) is 6.29 Å². The van der Waals surface area contributed by atoms with Crippen LogP contribution in [0.2, 0.25) is 0 Å². The first-order valence-corrected chi connectivity index (χ1v) is 3.93. The normalized spacial score (nSPS) is 11.3. The SMILES string of the molecule is C=C(C)CCCC=C(C)C=O. The molecule has 0 unspecified atom stereocenters. The molecule has 0 saturated heterocycles. The summed E-state index contributed by atoms with van der Waals surface area (Å²) in [6.07, 6.45) is 6.00. The Morgan fingerprint density at radius 1 is 1.45 bits per heavy atom. The van der Waals surface area contributed by atoms with Crippen molar-refractivity contribution in [3.05, 3.63) is 23.8 Å². The molecule has 0 fully saturated rings. The molecule has 0 aromatic heterocycles. The van der Waals surface area contributed by atoms with E-state index < -0.39 is 0 Å². The highest BCUT2D eigenvalue weighted by atomic mass is 16.1. The van der Waals surface area contributed by atoms with E-state index in [-0.39, 0.29) is 0 Å². The number of unbranched alkanes of at least 4 members (excludes halogenated alkanes) is 1. The van der Waals surface area contributed by atoms with Crippen LogP contribution >= 0.6 is 0 Å². The highest BCUT2D eigenvalue weighted by Crippen LogP contribution is 2.05. The molecule has 0 aromatic carbocycles. The summed E-state index contributed by atoms with van der Waals surface area (Å²) in [6.45, 7) is 7.65. The van der Waals surface area contributed by atoms with E-state index in [1.807, 2.05) is 19.9 Å². The molecule has 0 aliphatic heterocycles. The van der Waals surface area contributed by atoms with Gasteiger partial charge in [-0.2, -0.15) is 0 Å². The lowest BCUT2D eigenvalue weighted by molar-refractivity contribution is -0.104. The first-order chi connectivity index (χ1) is 5.16. The second-order valence-corrected chi connectivity index (χ2v) is 2.92. The number of hydrogen-bond acceptors (Lipinski definition) is 1. The lowest BCUT2D eigenvalue weighted by atomic mass is 10.1. The highest BCUT2D eigenvalue weighted by molar-refractivity contribution is 5.71. The molecule has 0 aliphatic carbocycles. The zero-order valence-corrected chi connectivity index (χ0v) is 7.39. The van der Waals surface area contributed by atoms with Gasteiger partial charge in [-0.3, -0.25) is 4.79 Å². The van der Waals surface area contributed by atoms with Gasteiger partial charge in [0.25, 0.3) is 0 Å². The lowest BCUT2D eigenvalue weighted by Crippen LogP contribution is -1.78. The van der Waals surface area contributed by atoms with Crippen molar-refractivity contribution >= 4 is 6.29 Å². The molecular weight excluding hydrogens is 136 g/mol. The molecule has 0 saturated carbocycles. The molecule has 0 atom stereocenters. The Morgan fingerprint density at radius 3 is 2.55 bits per heavy atom. The third-order valence-corrected chi connectivity index (χ3v) is 1.46. The summed E-state index contributed by atoms with van der Waals surface area (Å²) in [5.41, 5.74) is 2.04. The number of aldehydes is 1. The fourth-order valence-corrected chi connectivity index (χ4v) is 0.782. The van der Waals surface area contributed by atoms with Crippen molar-refractivity contribution in [1.82, 2.24) is 0 Å². The zero-order chi connectivity index (χ0) is 8.69. The standard InChI is InChI=1S/C10H16O/c1-9(2)6-4-5-7-10(3)8-11/h7-8H,1,4-6H2,2-3H3. The van der Waals surface area contributed by atoms with Gasteiger partial charge in [0.15, 0.2) is 0 Å². The van der Waals surface area contributed by atoms with Crippen LogP contribution in [0.3, 0.4) is 0 Å². The Balaban J connectivity index is 3.41. The van der Waals surface area contributed by atoms with Crippen molar-refractivity contribution in [2.24, 2.45) is 0 Å². The van der Waals surface area contributed by atoms with Crippen LogP contribution in [0.25, 0.3) is 0 Å². The number of allylic oxidation sites excluding steroid dienone is 3. The summed E-state index contributed by atoms with van der Waals surface area (Å²) in [7, 11) is 0. The molecule has 0 heterocycles. The summed E-state index contributed by atoms with van der Waals surface area (Å²) < 4.78 is 0. The molecule has 0 bridgehead atoms. The van der Waals surface area contributed by atoms with Crippen molar-refractivity contribution in [3.63, 3.8) is 0 Å². The first-order valence-electron chi connectivity index (χ1n) is 3.93.